The average molecular weight is 305 g/mol. The molecule has 0 bridgehead atoms. The number of ketones is 1. The van der Waals surface area contributed by atoms with Crippen molar-refractivity contribution in [2.24, 2.45) is 0 Å². The number of benzene rings is 1. The third kappa shape index (κ3) is 3.80. The van der Waals surface area contributed by atoms with Gasteiger partial charge in [-0.2, -0.15) is 0 Å². The molecule has 0 fully saturated rings. The average Bonchev–Trinajstić information content (AvgIpc) is 2.89. The number of rotatable bonds is 6. The number of carbonyl (C=O) groups is 2. The Morgan fingerprint density at radius 2 is 1.81 bits per heavy atom. The Morgan fingerprint density at radius 1 is 1.14 bits per heavy atom. The molecule has 0 saturated heterocycles. The Bertz CT molecular complexity index is 648. The summed E-state index contributed by atoms with van der Waals surface area (Å²) in [5.74, 6) is -0.669. The summed E-state index contributed by atoms with van der Waals surface area (Å²) in [5, 5.41) is -0.959. The quantitative estimate of drug-likeness (QED) is 0.468. The zero-order valence-electron chi connectivity index (χ0n) is 12.0. The van der Waals surface area contributed by atoms with Gasteiger partial charge in [0.15, 0.2) is 0 Å². The molecule has 5 heteroatoms. The monoisotopic (exact) mass is 304 g/mol. The van der Waals surface area contributed by atoms with E-state index in [0.29, 0.717) is 12.2 Å². The third-order valence-electron chi connectivity index (χ3n) is 3.20. The molecule has 0 amide bonds. The molecule has 0 unspecified atom stereocenters. The molecule has 1 aromatic heterocycles. The number of hydrogen-bond acceptors (Lipinski definition) is 3. The predicted octanol–water partition coefficient (Wildman–Crippen LogP) is 2.66. The van der Waals surface area contributed by atoms with Crippen LogP contribution in [0.3, 0.4) is 0 Å². The lowest BCUT2D eigenvalue weighted by atomic mass is 10.1. The van der Waals surface area contributed by atoms with E-state index in [-0.39, 0.29) is 0 Å². The summed E-state index contributed by atoms with van der Waals surface area (Å²) in [5.41, 5.74) is 2.23. The van der Waals surface area contributed by atoms with Crippen molar-refractivity contribution in [3.8, 4) is 11.1 Å². The highest BCUT2D eigenvalue weighted by Crippen LogP contribution is 2.22. The van der Waals surface area contributed by atoms with E-state index in [0.717, 1.165) is 17.7 Å². The molecule has 110 valence electrons. The van der Waals surface area contributed by atoms with Crippen molar-refractivity contribution in [2.75, 3.05) is 20.6 Å². The summed E-state index contributed by atoms with van der Waals surface area (Å²) in [7, 11) is 3.91. The van der Waals surface area contributed by atoms with Crippen molar-refractivity contribution in [2.45, 2.75) is 6.54 Å². The van der Waals surface area contributed by atoms with E-state index in [4.69, 9.17) is 11.6 Å². The van der Waals surface area contributed by atoms with Crippen molar-refractivity contribution in [3.05, 3.63) is 48.3 Å². The fraction of sp³-hybridized carbons (Fsp3) is 0.250. The number of carbonyl (C=O) groups excluding carboxylic acids is 2. The maximum Gasteiger partial charge on any atom is 0.294 e. The van der Waals surface area contributed by atoms with Gasteiger partial charge in [0.2, 0.25) is 0 Å². The van der Waals surface area contributed by atoms with E-state index in [1.165, 1.54) is 0 Å². The number of halogens is 1. The summed E-state index contributed by atoms with van der Waals surface area (Å²) in [6.07, 6.45) is 1.88. The first-order chi connectivity index (χ1) is 9.99. The van der Waals surface area contributed by atoms with Gasteiger partial charge >= 0.3 is 0 Å². The number of Topliss-reactive ketones (excluding diaryl/α,β-unsaturated/α-hetero) is 1. The molecule has 0 radical (unpaired) electrons. The van der Waals surface area contributed by atoms with Crippen LogP contribution in [0, 0.1) is 0 Å². The molecule has 2 aromatic rings. The maximum absolute atomic E-state index is 11.9. The van der Waals surface area contributed by atoms with Crippen LogP contribution in [-0.2, 0) is 11.3 Å². The molecule has 0 N–H and O–H groups in total. The van der Waals surface area contributed by atoms with Crippen molar-refractivity contribution >= 4 is 22.6 Å². The minimum Gasteiger partial charge on any atom is -0.343 e. The van der Waals surface area contributed by atoms with Gasteiger partial charge in [0.1, 0.15) is 0 Å². The normalized spacial score (nSPS) is 10.9. The smallest absolute Gasteiger partial charge is 0.294 e. The molecule has 2 rings (SSSR count). The highest BCUT2D eigenvalue weighted by Gasteiger charge is 2.19. The van der Waals surface area contributed by atoms with Gasteiger partial charge in [-0.15, -0.1) is 0 Å². The van der Waals surface area contributed by atoms with Gasteiger partial charge in [-0.3, -0.25) is 9.59 Å². The van der Waals surface area contributed by atoms with Crippen molar-refractivity contribution in [1.82, 2.24) is 9.47 Å². The maximum atomic E-state index is 11.9. The van der Waals surface area contributed by atoms with Crippen LogP contribution >= 0.6 is 11.6 Å². The molecule has 4 nitrogen and oxygen atoms in total. The summed E-state index contributed by atoms with van der Waals surface area (Å²) in [4.78, 5) is 25.1. The molecule has 1 aromatic carbocycles. The third-order valence-corrected chi connectivity index (χ3v) is 3.37. The van der Waals surface area contributed by atoms with E-state index >= 15 is 0 Å². The van der Waals surface area contributed by atoms with Gasteiger partial charge in [-0.05, 0) is 37.3 Å². The second-order valence-corrected chi connectivity index (χ2v) is 5.42. The van der Waals surface area contributed by atoms with Gasteiger partial charge in [0.25, 0.3) is 11.0 Å². The Morgan fingerprint density at radius 3 is 2.38 bits per heavy atom. The lowest BCUT2D eigenvalue weighted by Crippen LogP contribution is -2.21. The second kappa shape index (κ2) is 6.70. The highest BCUT2D eigenvalue weighted by atomic mass is 35.5. The summed E-state index contributed by atoms with van der Waals surface area (Å²) in [6, 6.07) is 11.4. The predicted molar refractivity (Wildman–Crippen MR) is 83.6 cm³/mol. The SMILES string of the molecule is CN(C)CCn1cc(-c2ccccc2)cc1C(=O)C(=O)Cl. The van der Waals surface area contributed by atoms with Crippen LogP contribution in [0.1, 0.15) is 10.5 Å². The second-order valence-electron chi connectivity index (χ2n) is 5.08. The van der Waals surface area contributed by atoms with Gasteiger partial charge in [0.05, 0.1) is 5.69 Å². The molecule has 0 atom stereocenters. The first-order valence-corrected chi connectivity index (χ1v) is 7.01. The van der Waals surface area contributed by atoms with Crippen LogP contribution in [0.15, 0.2) is 42.6 Å². The standard InChI is InChI=1S/C16H17ClN2O2/c1-18(2)8-9-19-11-13(12-6-4-3-5-7-12)10-14(19)15(20)16(17)21/h3-7,10-11H,8-9H2,1-2H3. The Labute approximate surface area is 128 Å². The number of likely N-dealkylation sites (N-methyl/N-ethyl adjacent to an activating group) is 1. The van der Waals surface area contributed by atoms with Crippen molar-refractivity contribution in [3.63, 3.8) is 0 Å². The van der Waals surface area contributed by atoms with Crippen LogP contribution in [0.5, 0.6) is 0 Å². The number of aromatic nitrogens is 1. The van der Waals surface area contributed by atoms with E-state index in [1.54, 1.807) is 10.6 Å². The van der Waals surface area contributed by atoms with E-state index in [2.05, 4.69) is 0 Å². The first-order valence-electron chi connectivity index (χ1n) is 6.63. The zero-order chi connectivity index (χ0) is 15.4. The van der Waals surface area contributed by atoms with E-state index in [1.807, 2.05) is 55.5 Å². The van der Waals surface area contributed by atoms with Gasteiger partial charge in [0, 0.05) is 24.8 Å². The van der Waals surface area contributed by atoms with Crippen LogP contribution in [0.25, 0.3) is 11.1 Å². The van der Waals surface area contributed by atoms with Crippen LogP contribution < -0.4 is 0 Å². The Balaban J connectivity index is 2.39. The van der Waals surface area contributed by atoms with Gasteiger partial charge < -0.3 is 9.47 Å². The fourth-order valence-electron chi connectivity index (χ4n) is 2.08. The number of nitrogens with zero attached hydrogens (tertiary/aromatic N) is 2. The largest absolute Gasteiger partial charge is 0.343 e. The van der Waals surface area contributed by atoms with Gasteiger partial charge in [-0.25, -0.2) is 0 Å². The fourth-order valence-corrected chi connectivity index (χ4v) is 2.18. The van der Waals surface area contributed by atoms with Crippen LogP contribution in [0.2, 0.25) is 0 Å². The Hall–Kier alpha value is -1.91. The first kappa shape index (κ1) is 15.5. The molecule has 0 saturated carbocycles. The minimum absolute atomic E-state index is 0.329. The van der Waals surface area contributed by atoms with Crippen LogP contribution in [-0.4, -0.2) is 41.1 Å². The summed E-state index contributed by atoms with van der Waals surface area (Å²) in [6.45, 7) is 1.38. The number of hydrogen-bond donors (Lipinski definition) is 0. The molecule has 0 aliphatic carbocycles. The van der Waals surface area contributed by atoms with Crippen LogP contribution in [0.4, 0.5) is 0 Å². The van der Waals surface area contributed by atoms with Gasteiger partial charge in [-0.1, -0.05) is 30.3 Å². The zero-order valence-corrected chi connectivity index (χ0v) is 12.8. The van der Waals surface area contributed by atoms with E-state index in [9.17, 15) is 9.59 Å². The molecule has 0 spiro atoms. The molecular weight excluding hydrogens is 288 g/mol. The molecule has 0 aliphatic heterocycles. The summed E-state index contributed by atoms with van der Waals surface area (Å²) >= 11 is 5.34. The van der Waals surface area contributed by atoms with Crippen molar-refractivity contribution < 1.29 is 9.59 Å². The highest BCUT2D eigenvalue weighted by molar-refractivity contribution is 6.83. The minimum atomic E-state index is -0.959. The molecule has 21 heavy (non-hydrogen) atoms. The van der Waals surface area contributed by atoms with Crippen molar-refractivity contribution in [1.29, 1.82) is 0 Å². The lowest BCUT2D eigenvalue weighted by Gasteiger charge is -2.11. The topological polar surface area (TPSA) is 42.3 Å². The Kier molecular flexibility index (Phi) is 4.94. The molecule has 1 heterocycles. The molecule has 0 aliphatic rings. The van der Waals surface area contributed by atoms with E-state index < -0.39 is 11.0 Å². The molecular formula is C16H17ClN2O2. The summed E-state index contributed by atoms with van der Waals surface area (Å²) < 4.78 is 1.78. The lowest BCUT2D eigenvalue weighted by molar-refractivity contribution is -0.108.